The van der Waals surface area contributed by atoms with Gasteiger partial charge in [0.2, 0.25) is 11.8 Å². The summed E-state index contributed by atoms with van der Waals surface area (Å²) >= 11 is 1.62. The fourth-order valence-electron chi connectivity index (χ4n) is 9.42. The molecule has 3 aromatic heterocycles. The maximum atomic E-state index is 14.2. The molecule has 3 aromatic carbocycles. The Balaban J connectivity index is 0.00000141. The molecule has 3 fully saturated rings. The molecular weight excluding hydrogens is 799 g/mol. The highest BCUT2D eigenvalue weighted by Gasteiger charge is 2.47. The standard InChI is InChI=1S/C46H49N7O4S.2CH5N/c1-28(2)42(45(56)53-18-6-8-38(53)44(55)47-26-30-10-12-31(13-11-30)43-29(3)48-27-58-43)40-23-41(51-57-40)52-19-16-46(17-20-52)24-34(25-46)32-14-15-33-22-37(50-49-36(33)21-32)35-7-4-5-9-39(35)54;2*1-2/h4-5,7,9-15,21-23,27-28,34,38,42,54H,6,8,16-20,24-26H2,1-3H3,(H,47,55);2*2H2,1H3. The molecule has 1 spiro atoms. The predicted molar refractivity (Wildman–Crippen MR) is 246 cm³/mol. The second-order valence-electron chi connectivity index (χ2n) is 16.8. The number of hydrogen-bond acceptors (Lipinski definition) is 12. The van der Waals surface area contributed by atoms with E-state index in [9.17, 15) is 14.7 Å². The van der Waals surface area contributed by atoms with Gasteiger partial charge in [0.15, 0.2) is 11.6 Å². The van der Waals surface area contributed by atoms with Crippen LogP contribution in [-0.2, 0) is 16.1 Å². The number of carbonyl (C=O) groups is 2. The number of benzene rings is 3. The smallest absolute Gasteiger partial charge is 0.243 e. The quantitative estimate of drug-likeness (QED) is 0.105. The minimum Gasteiger partial charge on any atom is -0.507 e. The number of nitrogens with zero attached hydrogens (tertiary/aromatic N) is 6. The first-order chi connectivity index (χ1) is 30.1. The van der Waals surface area contributed by atoms with Gasteiger partial charge in [-0.05, 0) is 118 Å². The molecule has 1 aliphatic carbocycles. The van der Waals surface area contributed by atoms with Gasteiger partial charge in [-0.25, -0.2) is 4.98 Å². The van der Waals surface area contributed by atoms with Gasteiger partial charge in [0.1, 0.15) is 17.7 Å². The first-order valence-corrected chi connectivity index (χ1v) is 22.5. The summed E-state index contributed by atoms with van der Waals surface area (Å²) in [6.07, 6.45) is 5.88. The van der Waals surface area contributed by atoms with Crippen LogP contribution in [0.5, 0.6) is 5.75 Å². The molecule has 14 heteroatoms. The zero-order valence-electron chi connectivity index (χ0n) is 36.4. The molecular formula is C48H59N9O4S. The molecule has 2 unspecified atom stereocenters. The van der Waals surface area contributed by atoms with Crippen molar-refractivity contribution in [3.63, 3.8) is 0 Å². The van der Waals surface area contributed by atoms with E-state index in [0.717, 1.165) is 83.6 Å². The van der Waals surface area contributed by atoms with Gasteiger partial charge in [0, 0.05) is 43.2 Å². The van der Waals surface area contributed by atoms with Crippen LogP contribution in [0.3, 0.4) is 0 Å². The molecule has 6 N–H and O–H groups in total. The van der Waals surface area contributed by atoms with Crippen molar-refractivity contribution < 1.29 is 19.2 Å². The predicted octanol–water partition coefficient (Wildman–Crippen LogP) is 7.78. The number of rotatable bonds is 10. The number of phenols is 1. The molecule has 13 nitrogen and oxygen atoms in total. The number of likely N-dealkylation sites (tertiary alicyclic amines) is 1. The van der Waals surface area contributed by atoms with Crippen LogP contribution >= 0.6 is 11.3 Å². The number of carbonyl (C=O) groups excluding carboxylic acids is 2. The molecule has 2 amide bonds. The molecule has 1 saturated carbocycles. The van der Waals surface area contributed by atoms with Crippen LogP contribution in [0.1, 0.15) is 86.8 Å². The van der Waals surface area contributed by atoms with E-state index in [0.29, 0.717) is 47.9 Å². The summed E-state index contributed by atoms with van der Waals surface area (Å²) in [5.41, 5.74) is 17.8. The average molecular weight is 858 g/mol. The van der Waals surface area contributed by atoms with Crippen molar-refractivity contribution in [2.24, 2.45) is 22.8 Å². The Labute approximate surface area is 367 Å². The molecule has 2 atom stereocenters. The van der Waals surface area contributed by atoms with Crippen LogP contribution < -0.4 is 21.7 Å². The van der Waals surface area contributed by atoms with E-state index in [1.807, 2.05) is 62.7 Å². The van der Waals surface area contributed by atoms with E-state index >= 15 is 0 Å². The Morgan fingerprint density at radius 2 is 1.69 bits per heavy atom. The number of nitrogens with one attached hydrogen (secondary N) is 1. The topological polar surface area (TPSA) is 190 Å². The fourth-order valence-corrected chi connectivity index (χ4v) is 10.2. The van der Waals surface area contributed by atoms with Crippen LogP contribution in [-0.4, -0.2) is 81.9 Å². The largest absolute Gasteiger partial charge is 0.507 e. The Kier molecular flexibility index (Phi) is 14.0. The van der Waals surface area contributed by atoms with E-state index in [1.165, 1.54) is 19.7 Å². The zero-order valence-corrected chi connectivity index (χ0v) is 37.2. The number of aromatic nitrogens is 4. The number of phenolic OH excluding ortho intramolecular Hbond substituents is 1. The van der Waals surface area contributed by atoms with E-state index in [4.69, 9.17) is 4.52 Å². The number of aryl methyl sites for hydroxylation is 1. The van der Waals surface area contributed by atoms with Gasteiger partial charge in [0.05, 0.1) is 27.3 Å². The van der Waals surface area contributed by atoms with Crippen LogP contribution in [0.2, 0.25) is 0 Å². The number of hydrogen-bond donors (Lipinski definition) is 4. The monoisotopic (exact) mass is 857 g/mol. The van der Waals surface area contributed by atoms with Crippen molar-refractivity contribution in [2.75, 3.05) is 38.6 Å². The number of nitrogens with two attached hydrogens (primary N) is 2. The van der Waals surface area contributed by atoms with Gasteiger partial charge in [-0.3, -0.25) is 9.59 Å². The lowest BCUT2D eigenvalue weighted by Crippen LogP contribution is -2.47. The van der Waals surface area contributed by atoms with Crippen molar-refractivity contribution in [3.05, 3.63) is 107 Å². The maximum absolute atomic E-state index is 14.2. The van der Waals surface area contributed by atoms with Gasteiger partial charge >= 0.3 is 0 Å². The normalized spacial score (nSPS) is 17.5. The molecule has 0 radical (unpaired) electrons. The third kappa shape index (κ3) is 9.23. The van der Waals surface area contributed by atoms with Crippen LogP contribution in [0.4, 0.5) is 5.82 Å². The summed E-state index contributed by atoms with van der Waals surface area (Å²) in [6, 6.07) is 25.4. The maximum Gasteiger partial charge on any atom is 0.243 e. The van der Waals surface area contributed by atoms with Gasteiger partial charge in [-0.15, -0.1) is 21.5 Å². The van der Waals surface area contributed by atoms with E-state index in [-0.39, 0.29) is 23.5 Å². The summed E-state index contributed by atoms with van der Waals surface area (Å²) in [7, 11) is 3.00. The molecule has 62 heavy (non-hydrogen) atoms. The first-order valence-electron chi connectivity index (χ1n) is 21.7. The Bertz CT molecular complexity index is 2450. The van der Waals surface area contributed by atoms with E-state index < -0.39 is 12.0 Å². The van der Waals surface area contributed by atoms with Crippen LogP contribution in [0, 0.1) is 18.3 Å². The van der Waals surface area contributed by atoms with Gasteiger partial charge in [0.25, 0.3) is 0 Å². The van der Waals surface area contributed by atoms with Gasteiger partial charge < -0.3 is 36.2 Å². The highest BCUT2D eigenvalue weighted by atomic mass is 32.1. The molecule has 326 valence electrons. The molecule has 9 rings (SSSR count). The number of aromatic hydroxyl groups is 1. The zero-order chi connectivity index (χ0) is 44.0. The molecule has 6 aromatic rings. The Hall–Kier alpha value is -5.70. The van der Waals surface area contributed by atoms with Crippen molar-refractivity contribution in [1.29, 1.82) is 0 Å². The summed E-state index contributed by atoms with van der Waals surface area (Å²) in [5, 5.41) is 27.8. The Morgan fingerprint density at radius 1 is 0.952 bits per heavy atom. The fraction of sp³-hybridized carbons (Fsp3) is 0.417. The number of anilines is 1. The van der Waals surface area contributed by atoms with Gasteiger partial charge in [-0.1, -0.05) is 67.5 Å². The van der Waals surface area contributed by atoms with Crippen molar-refractivity contribution in [1.82, 2.24) is 30.6 Å². The molecule has 2 saturated heterocycles. The van der Waals surface area contributed by atoms with E-state index in [2.05, 4.69) is 72.4 Å². The minimum absolute atomic E-state index is 0.0322. The molecule has 2 aliphatic heterocycles. The summed E-state index contributed by atoms with van der Waals surface area (Å²) in [6.45, 7) is 8.79. The highest BCUT2D eigenvalue weighted by molar-refractivity contribution is 7.13. The number of fused-ring (bicyclic) bond motifs is 1. The second kappa shape index (κ2) is 19.6. The average Bonchev–Trinajstić information content (AvgIpc) is 4.08. The van der Waals surface area contributed by atoms with Crippen LogP contribution in [0.25, 0.3) is 32.6 Å². The Morgan fingerprint density at radius 3 is 2.39 bits per heavy atom. The number of thiazole rings is 1. The number of para-hydroxylation sites is 1. The second-order valence-corrected chi connectivity index (χ2v) is 17.7. The minimum atomic E-state index is -0.523. The SMILES string of the molecule is CN.CN.Cc1ncsc1-c1ccc(CNC(=O)C2CCCN2C(=O)C(c2cc(N3CCC4(CC3)CC(c3ccc5cc(-c6ccccc6O)nnc5c3)C4)no2)C(C)C)cc1. The first kappa shape index (κ1) is 44.4. The van der Waals surface area contributed by atoms with Gasteiger partial charge in [-0.2, -0.15) is 0 Å². The third-order valence-electron chi connectivity index (χ3n) is 12.8. The van der Waals surface area contributed by atoms with E-state index in [1.54, 1.807) is 28.4 Å². The van der Waals surface area contributed by atoms with Crippen LogP contribution in [0.15, 0.2) is 88.9 Å². The molecule has 5 heterocycles. The van der Waals surface area contributed by atoms with Crippen molar-refractivity contribution in [3.8, 4) is 27.4 Å². The lowest BCUT2D eigenvalue weighted by atomic mass is 9.56. The number of amides is 2. The molecule has 3 aliphatic rings. The van der Waals surface area contributed by atoms with Crippen molar-refractivity contribution >= 4 is 39.9 Å². The number of piperidine rings is 1. The lowest BCUT2D eigenvalue weighted by molar-refractivity contribution is -0.140. The third-order valence-corrected chi connectivity index (χ3v) is 13.8. The summed E-state index contributed by atoms with van der Waals surface area (Å²) < 4.78 is 5.94. The molecule has 0 bridgehead atoms. The highest BCUT2D eigenvalue weighted by Crippen LogP contribution is 2.57. The van der Waals surface area contributed by atoms with Crippen molar-refractivity contribution in [2.45, 2.75) is 83.7 Å². The summed E-state index contributed by atoms with van der Waals surface area (Å²) in [4.78, 5) is 37.3. The lowest BCUT2D eigenvalue weighted by Gasteiger charge is -2.52. The summed E-state index contributed by atoms with van der Waals surface area (Å²) in [5.74, 6) is 1.28.